The Morgan fingerprint density at radius 1 is 0.350 bits per heavy atom. The summed E-state index contributed by atoms with van der Waals surface area (Å²) in [4.78, 5) is 26.8. The van der Waals surface area contributed by atoms with Crippen LogP contribution in [0, 0.1) is 0 Å². The first-order valence-corrected chi connectivity index (χ1v) is 42.4. The minimum Gasteiger partial charge on any atom is -0.394 e. The molecule has 0 bridgehead atoms. The zero-order valence-electron chi connectivity index (χ0n) is 67.8. The topological polar surface area (TPSA) is 612 Å². The van der Waals surface area contributed by atoms with E-state index in [9.17, 15) is 117 Å². The van der Waals surface area contributed by atoms with Crippen LogP contribution in [0.4, 0.5) is 0 Å². The molecule has 7 aliphatic heterocycles. The second kappa shape index (κ2) is 52.3. The van der Waals surface area contributed by atoms with Crippen molar-refractivity contribution in [3.8, 4) is 0 Å². The van der Waals surface area contributed by atoms with Gasteiger partial charge in [0.05, 0.1) is 64.5 Å². The van der Waals surface area contributed by atoms with Gasteiger partial charge in [0.25, 0.3) is 0 Å². The lowest BCUT2D eigenvalue weighted by molar-refractivity contribution is -0.404. The number of unbranched alkanes of at least 4 members (excludes halogenated alkanes) is 23. The summed E-state index contributed by atoms with van der Waals surface area (Å²) < 4.78 is 83.3. The van der Waals surface area contributed by atoms with E-state index in [0.29, 0.717) is 12.8 Å². The van der Waals surface area contributed by atoms with Gasteiger partial charge in [0.2, 0.25) is 11.8 Å². The van der Waals surface area contributed by atoms with Crippen LogP contribution in [0.15, 0.2) is 12.2 Å². The molecule has 39 heteroatoms. The van der Waals surface area contributed by atoms with E-state index in [-0.39, 0.29) is 12.3 Å². The van der Waals surface area contributed by atoms with Crippen molar-refractivity contribution >= 4 is 11.8 Å². The quantitative estimate of drug-likeness (QED) is 0.0202. The van der Waals surface area contributed by atoms with Crippen LogP contribution in [-0.4, -0.2) is 392 Å². The average Bonchev–Trinajstić information content (AvgIpc) is 0.775. The molecular formula is C78H140N2O37. The van der Waals surface area contributed by atoms with Gasteiger partial charge in [-0.1, -0.05) is 167 Å². The molecule has 0 aliphatic carbocycles. The van der Waals surface area contributed by atoms with Crippen LogP contribution in [0.2, 0.25) is 0 Å². The number of nitrogens with one attached hydrogen (secondary N) is 2. The summed E-state index contributed by atoms with van der Waals surface area (Å²) in [5.41, 5.74) is 0. The number of carbonyl (C=O) groups excluding carboxylic acids is 2. The lowest BCUT2D eigenvalue weighted by Gasteiger charge is -2.51. The highest BCUT2D eigenvalue weighted by atomic mass is 16.8. The molecule has 0 aromatic rings. The van der Waals surface area contributed by atoms with Gasteiger partial charge < -0.3 is 184 Å². The SMILES string of the molecule is CCCCCCCCCCCCC/C=C/[C@@H](O)[C@H](CO[C@@H]1OC(CO)[C@@H](O[C@@H]2OC(CO)[C@H](O[C@@H]3OC(CO)[C@H](O)[C@H](O[C@@H]4OC(CO)[C@H](O)[C@H](O[C@@H]5OC(CO)[C@H](O)[C@H](O[C@H]6OC(CO)[C@H](O)[C@H](O)C6O)C5O[C@H]5OC(C)[C@@H](O)C(O)[C@@H]5O)C4NC(C)=O)C3O)[C@H](O)C2O)[C@H](O)C1O)NC(=O)CCCCCCCCCCCCCCC. The Morgan fingerprint density at radius 2 is 0.701 bits per heavy atom. The maximum atomic E-state index is 13.5. The van der Waals surface area contributed by atoms with Crippen molar-refractivity contribution in [1.82, 2.24) is 10.6 Å². The Hall–Kier alpha value is -2.72. The fourth-order valence-corrected chi connectivity index (χ4v) is 15.7. The van der Waals surface area contributed by atoms with Gasteiger partial charge >= 0.3 is 0 Å². The number of hydrogen-bond acceptors (Lipinski definition) is 37. The number of allylic oxidation sites excluding steroid dienone is 1. The van der Waals surface area contributed by atoms with Gasteiger partial charge in [-0.2, -0.15) is 0 Å². The van der Waals surface area contributed by atoms with E-state index in [0.717, 1.165) is 58.3 Å². The molecule has 7 rings (SSSR count). The van der Waals surface area contributed by atoms with Crippen molar-refractivity contribution in [1.29, 1.82) is 0 Å². The Balaban J connectivity index is 1.02. The zero-order chi connectivity index (χ0) is 85.6. The molecule has 37 atom stereocenters. The first-order chi connectivity index (χ1) is 56.1. The minimum absolute atomic E-state index is 0.170. The van der Waals surface area contributed by atoms with Crippen LogP contribution in [-0.2, 0) is 75.9 Å². The molecule has 23 N–H and O–H groups in total. The second-order valence-electron chi connectivity index (χ2n) is 32.0. The molecule has 7 aliphatic rings. The Kier molecular flexibility index (Phi) is 45.3. The van der Waals surface area contributed by atoms with Gasteiger partial charge in [0.1, 0.15) is 165 Å². The monoisotopic (exact) mass is 1700 g/mol. The molecule has 0 saturated carbocycles. The molecule has 0 aromatic carbocycles. The number of amides is 2. The summed E-state index contributed by atoms with van der Waals surface area (Å²) in [6.45, 7) is -0.0917. The minimum atomic E-state index is -2.33. The largest absolute Gasteiger partial charge is 0.394 e. The first kappa shape index (κ1) is 101. The van der Waals surface area contributed by atoms with E-state index in [1.165, 1.54) is 103 Å². The summed E-state index contributed by atoms with van der Waals surface area (Å²) in [5.74, 6) is -1.29. The van der Waals surface area contributed by atoms with E-state index >= 15 is 0 Å². The average molecular weight is 1700 g/mol. The van der Waals surface area contributed by atoms with Gasteiger partial charge in [0.15, 0.2) is 44.0 Å². The molecule has 7 fully saturated rings. The lowest BCUT2D eigenvalue weighted by Crippen LogP contribution is -2.71. The highest BCUT2D eigenvalue weighted by Gasteiger charge is 2.60. The molecule has 7 saturated heterocycles. The van der Waals surface area contributed by atoms with Gasteiger partial charge in [-0.3, -0.25) is 9.59 Å². The molecule has 684 valence electrons. The normalized spacial score (nSPS) is 40.2. The predicted octanol–water partition coefficient (Wildman–Crippen LogP) is -4.50. The Bertz CT molecular complexity index is 2740. The van der Waals surface area contributed by atoms with E-state index in [2.05, 4.69) is 24.5 Å². The number of rotatable bonds is 51. The van der Waals surface area contributed by atoms with Gasteiger partial charge in [0, 0.05) is 13.3 Å². The smallest absolute Gasteiger partial charge is 0.220 e. The summed E-state index contributed by atoms with van der Waals surface area (Å²) in [7, 11) is 0. The van der Waals surface area contributed by atoms with Crippen LogP contribution < -0.4 is 10.6 Å². The molecule has 0 radical (unpaired) electrons. The summed E-state index contributed by atoms with van der Waals surface area (Å²) in [6, 6.07) is -3.02. The molecular weight excluding hydrogens is 1560 g/mol. The van der Waals surface area contributed by atoms with Crippen molar-refractivity contribution in [2.45, 2.75) is 422 Å². The standard InChI is InChI=1S/C78H140N2O37/c1-5-7-9-11-13-15-17-19-21-23-25-27-29-31-43(88)42(80-50(89)32-30-28-26-24-22-20-18-16-14-12-10-8-6-2)39-104-73-63(101)59(97)66(48(37-85)110-73)112-76-64(102)60(98)67(49(38-86)111-76)113-77-65(103)69(55(93)46(35-83)108-77)115-72-51(79-41(4)87)68(54(92)45(34-82)106-72)114-78-71(117-74-61(99)57(95)52(90)40(3)105-74)70(56(94)47(36-84)109-78)116-75-62(100)58(96)53(91)44(33-81)107-75/h29,31,40,42-49,51-78,81-86,88,90-103H,5-28,30,32-39H2,1-4H3,(H,79,87)(H,80,89)/b31-29+/t40?,42-,43+,44?,45?,46?,47?,48?,49?,51?,52+,53-,54-,55-,56-,57?,58-,59+,60+,61-,62?,63?,64?,65?,66+,67-,68+,69-,70-,71?,72-,73+,74+,75+,76-,77-,78-/m0/s1. The summed E-state index contributed by atoms with van der Waals surface area (Å²) in [6.07, 6.45) is -37.3. The molecule has 7 heterocycles. The van der Waals surface area contributed by atoms with E-state index < -0.39 is 279 Å². The molecule has 117 heavy (non-hydrogen) atoms. The van der Waals surface area contributed by atoms with E-state index in [4.69, 9.17) is 66.3 Å². The fourth-order valence-electron chi connectivity index (χ4n) is 15.7. The van der Waals surface area contributed by atoms with Crippen molar-refractivity contribution in [2.75, 3.05) is 46.2 Å². The van der Waals surface area contributed by atoms with Gasteiger partial charge in [-0.15, -0.1) is 0 Å². The summed E-state index contributed by atoms with van der Waals surface area (Å²) >= 11 is 0. The van der Waals surface area contributed by atoms with Crippen molar-refractivity contribution in [3.05, 3.63) is 12.2 Å². The number of aliphatic hydroxyl groups is 21. The number of carbonyl (C=O) groups is 2. The van der Waals surface area contributed by atoms with E-state index in [1.807, 2.05) is 6.08 Å². The third-order valence-corrected chi connectivity index (χ3v) is 22.9. The maximum absolute atomic E-state index is 13.5. The molecule has 2 amide bonds. The third kappa shape index (κ3) is 28.9. The number of aliphatic hydroxyl groups excluding tert-OH is 21. The van der Waals surface area contributed by atoms with Crippen LogP contribution >= 0.6 is 0 Å². The third-order valence-electron chi connectivity index (χ3n) is 22.9. The molecule has 0 spiro atoms. The van der Waals surface area contributed by atoms with Crippen LogP contribution in [0.3, 0.4) is 0 Å². The Labute approximate surface area is 683 Å². The van der Waals surface area contributed by atoms with Crippen molar-refractivity contribution in [3.63, 3.8) is 0 Å². The fraction of sp³-hybridized carbons (Fsp3) is 0.949. The second-order valence-corrected chi connectivity index (χ2v) is 32.0. The molecule has 0 aromatic heterocycles. The Morgan fingerprint density at radius 3 is 1.19 bits per heavy atom. The van der Waals surface area contributed by atoms with Gasteiger partial charge in [-0.25, -0.2) is 0 Å². The maximum Gasteiger partial charge on any atom is 0.220 e. The van der Waals surface area contributed by atoms with Crippen LogP contribution in [0.5, 0.6) is 0 Å². The molecule has 14 unspecified atom stereocenters. The highest BCUT2D eigenvalue weighted by Crippen LogP contribution is 2.40. The lowest BCUT2D eigenvalue weighted by atomic mass is 9.94. The summed E-state index contributed by atoms with van der Waals surface area (Å²) in [5, 5.41) is 240. The highest BCUT2D eigenvalue weighted by molar-refractivity contribution is 5.76. The molecule has 39 nitrogen and oxygen atoms in total. The zero-order valence-corrected chi connectivity index (χ0v) is 67.8. The van der Waals surface area contributed by atoms with Crippen molar-refractivity contribution < 1.29 is 183 Å². The predicted molar refractivity (Wildman–Crippen MR) is 404 cm³/mol. The van der Waals surface area contributed by atoms with Gasteiger partial charge in [-0.05, 0) is 26.2 Å². The first-order valence-electron chi connectivity index (χ1n) is 42.4. The van der Waals surface area contributed by atoms with E-state index in [1.54, 1.807) is 6.08 Å². The number of ether oxygens (including phenoxy) is 14. The van der Waals surface area contributed by atoms with Crippen LogP contribution in [0.25, 0.3) is 0 Å². The number of hydrogen-bond donors (Lipinski definition) is 23. The van der Waals surface area contributed by atoms with Crippen molar-refractivity contribution in [2.24, 2.45) is 0 Å². The van der Waals surface area contributed by atoms with Crippen LogP contribution in [0.1, 0.15) is 195 Å².